The molecule has 0 saturated carbocycles. The lowest BCUT2D eigenvalue weighted by molar-refractivity contribution is 0.313. The van der Waals surface area contributed by atoms with Crippen molar-refractivity contribution in [3.63, 3.8) is 0 Å². The highest BCUT2D eigenvalue weighted by molar-refractivity contribution is 7.90. The van der Waals surface area contributed by atoms with Crippen LogP contribution in [-0.2, 0) is 10.0 Å². The molecule has 0 bridgehead atoms. The van der Waals surface area contributed by atoms with Crippen LogP contribution in [0.15, 0.2) is 65.8 Å². The van der Waals surface area contributed by atoms with E-state index in [9.17, 15) is 8.42 Å². The van der Waals surface area contributed by atoms with Crippen LogP contribution in [-0.4, -0.2) is 67.6 Å². The second-order valence-corrected chi connectivity index (χ2v) is 10.6. The van der Waals surface area contributed by atoms with Crippen molar-refractivity contribution in [2.45, 2.75) is 4.90 Å². The molecule has 5 rings (SSSR count). The number of ether oxygens (including phenoxy) is 1. The zero-order valence-electron chi connectivity index (χ0n) is 19.3. The van der Waals surface area contributed by atoms with Crippen LogP contribution >= 0.6 is 11.6 Å². The number of piperazine rings is 1. The molecule has 0 radical (unpaired) electrons. The van der Waals surface area contributed by atoms with Gasteiger partial charge in [-0.25, -0.2) is 17.4 Å². The Hall–Kier alpha value is -3.34. The van der Waals surface area contributed by atoms with Crippen molar-refractivity contribution in [2.75, 3.05) is 50.6 Å². The first-order valence-electron chi connectivity index (χ1n) is 11.1. The number of aromatic nitrogens is 3. The second kappa shape index (κ2) is 9.37. The molecule has 0 atom stereocenters. The molecule has 11 heteroatoms. The Labute approximate surface area is 209 Å². The van der Waals surface area contributed by atoms with Crippen molar-refractivity contribution in [3.8, 4) is 5.75 Å². The number of halogens is 1. The summed E-state index contributed by atoms with van der Waals surface area (Å²) in [7, 11) is -0.280. The number of nitrogens with one attached hydrogen (secondary N) is 1. The van der Waals surface area contributed by atoms with Gasteiger partial charge in [-0.15, -0.1) is 0 Å². The maximum atomic E-state index is 13.3. The van der Waals surface area contributed by atoms with Crippen molar-refractivity contribution in [1.82, 2.24) is 18.8 Å². The molecule has 0 unspecified atom stereocenters. The van der Waals surface area contributed by atoms with Gasteiger partial charge < -0.3 is 19.9 Å². The smallest absolute Gasteiger partial charge is 0.269 e. The van der Waals surface area contributed by atoms with Crippen LogP contribution in [0.25, 0.3) is 11.0 Å². The van der Waals surface area contributed by atoms with Crippen molar-refractivity contribution < 1.29 is 13.2 Å². The van der Waals surface area contributed by atoms with Gasteiger partial charge in [0.2, 0.25) is 5.95 Å². The SMILES string of the molecule is COc1cccc(S(=O)(=O)n2ccc3cnc(Nc4ccc(N5CCN(C)CC5)c(Cl)c4)nc32)c1. The summed E-state index contributed by atoms with van der Waals surface area (Å²) in [5.74, 6) is 0.720. The summed E-state index contributed by atoms with van der Waals surface area (Å²) in [6.07, 6.45) is 3.06. The van der Waals surface area contributed by atoms with Crippen LogP contribution in [0.1, 0.15) is 0 Å². The lowest BCUT2D eigenvalue weighted by Crippen LogP contribution is -2.44. The average molecular weight is 513 g/mol. The van der Waals surface area contributed by atoms with E-state index in [1.54, 1.807) is 24.4 Å². The molecule has 4 aromatic rings. The molecule has 0 amide bonds. The topological polar surface area (TPSA) is 92.6 Å². The third kappa shape index (κ3) is 4.64. The monoisotopic (exact) mass is 512 g/mol. The largest absolute Gasteiger partial charge is 0.497 e. The minimum atomic E-state index is -3.88. The molecule has 1 aliphatic heterocycles. The standard InChI is InChI=1S/C24H25ClN6O3S/c1-29-10-12-30(13-11-29)22-7-6-18(14-21(22)25)27-24-26-16-17-8-9-31(23(17)28-24)35(32,33)20-5-3-4-19(15-20)34-2/h3-9,14-16H,10-13H2,1-2H3,(H,26,27,28). The summed E-state index contributed by atoms with van der Waals surface area (Å²) in [4.78, 5) is 13.5. The molecule has 1 saturated heterocycles. The summed E-state index contributed by atoms with van der Waals surface area (Å²) in [6.45, 7) is 3.81. The summed E-state index contributed by atoms with van der Waals surface area (Å²) < 4.78 is 32.9. The van der Waals surface area contributed by atoms with E-state index in [-0.39, 0.29) is 16.5 Å². The Morgan fingerprint density at radius 3 is 2.60 bits per heavy atom. The van der Waals surface area contributed by atoms with E-state index < -0.39 is 10.0 Å². The molecule has 0 spiro atoms. The van der Waals surface area contributed by atoms with E-state index >= 15 is 0 Å². The van der Waals surface area contributed by atoms with E-state index in [0.717, 1.165) is 35.8 Å². The van der Waals surface area contributed by atoms with Gasteiger partial charge >= 0.3 is 0 Å². The molecule has 1 N–H and O–H groups in total. The zero-order valence-corrected chi connectivity index (χ0v) is 20.9. The van der Waals surface area contributed by atoms with Gasteiger partial charge in [0.05, 0.1) is 22.7 Å². The Kier molecular flexibility index (Phi) is 6.26. The van der Waals surface area contributed by atoms with Crippen LogP contribution in [0.2, 0.25) is 5.02 Å². The van der Waals surface area contributed by atoms with Crippen molar-refractivity contribution >= 4 is 50.0 Å². The molecule has 1 fully saturated rings. The van der Waals surface area contributed by atoms with E-state index in [0.29, 0.717) is 21.8 Å². The lowest BCUT2D eigenvalue weighted by atomic mass is 10.2. The molecule has 1 aliphatic rings. The third-order valence-corrected chi connectivity index (χ3v) is 8.00. The number of nitrogens with zero attached hydrogens (tertiary/aromatic N) is 5. The molecule has 2 aromatic carbocycles. The minimum absolute atomic E-state index is 0.105. The van der Waals surface area contributed by atoms with Crippen molar-refractivity contribution in [2.24, 2.45) is 0 Å². The zero-order chi connectivity index (χ0) is 24.6. The number of methoxy groups -OCH3 is 1. The molecule has 9 nitrogen and oxygen atoms in total. The minimum Gasteiger partial charge on any atom is -0.497 e. The normalized spacial score (nSPS) is 14.9. The number of likely N-dealkylation sites (N-methyl/N-ethyl adjacent to an activating group) is 1. The molecular weight excluding hydrogens is 488 g/mol. The summed E-state index contributed by atoms with van der Waals surface area (Å²) in [5.41, 5.74) is 1.96. The fourth-order valence-electron chi connectivity index (χ4n) is 4.04. The highest BCUT2D eigenvalue weighted by atomic mass is 35.5. The summed E-state index contributed by atoms with van der Waals surface area (Å²) in [5, 5.41) is 4.37. The Bertz CT molecular complexity index is 1480. The highest BCUT2D eigenvalue weighted by Crippen LogP contribution is 2.31. The van der Waals surface area contributed by atoms with Crippen LogP contribution in [0, 0.1) is 0 Å². The number of hydrogen-bond acceptors (Lipinski definition) is 8. The predicted octanol–water partition coefficient (Wildman–Crippen LogP) is 3.83. The van der Waals surface area contributed by atoms with Crippen molar-refractivity contribution in [1.29, 1.82) is 0 Å². The van der Waals surface area contributed by atoms with Crippen LogP contribution in [0.3, 0.4) is 0 Å². The van der Waals surface area contributed by atoms with Gasteiger partial charge in [-0.1, -0.05) is 17.7 Å². The van der Waals surface area contributed by atoms with Gasteiger partial charge in [0.1, 0.15) is 5.75 Å². The number of anilines is 3. The van der Waals surface area contributed by atoms with E-state index in [4.69, 9.17) is 16.3 Å². The second-order valence-electron chi connectivity index (χ2n) is 8.35. The van der Waals surface area contributed by atoms with E-state index in [2.05, 4.69) is 32.1 Å². The molecule has 0 aliphatic carbocycles. The average Bonchev–Trinajstić information content (AvgIpc) is 3.29. The van der Waals surface area contributed by atoms with E-state index in [1.807, 2.05) is 18.2 Å². The van der Waals surface area contributed by atoms with Crippen LogP contribution in [0.5, 0.6) is 5.75 Å². The summed E-state index contributed by atoms with van der Waals surface area (Å²) >= 11 is 6.59. The Balaban J connectivity index is 1.42. The maximum absolute atomic E-state index is 13.3. The first-order valence-corrected chi connectivity index (χ1v) is 12.9. The van der Waals surface area contributed by atoms with Gasteiger partial charge in [0, 0.05) is 55.7 Å². The Morgan fingerprint density at radius 1 is 1.06 bits per heavy atom. The summed E-state index contributed by atoms with van der Waals surface area (Å²) in [6, 6.07) is 13.7. The lowest BCUT2D eigenvalue weighted by Gasteiger charge is -2.34. The molecule has 35 heavy (non-hydrogen) atoms. The maximum Gasteiger partial charge on any atom is 0.269 e. The number of benzene rings is 2. The first kappa shape index (κ1) is 23.4. The van der Waals surface area contributed by atoms with Gasteiger partial charge in [0.15, 0.2) is 5.65 Å². The van der Waals surface area contributed by atoms with Gasteiger partial charge in [-0.2, -0.15) is 4.98 Å². The van der Waals surface area contributed by atoms with Gasteiger partial charge in [0.25, 0.3) is 10.0 Å². The van der Waals surface area contributed by atoms with Crippen molar-refractivity contribution in [3.05, 3.63) is 65.9 Å². The fraction of sp³-hybridized carbons (Fsp3) is 0.250. The number of hydrogen-bond donors (Lipinski definition) is 1. The molecule has 3 heterocycles. The highest BCUT2D eigenvalue weighted by Gasteiger charge is 2.21. The number of rotatable bonds is 6. The van der Waals surface area contributed by atoms with Crippen LogP contribution < -0.4 is 15.0 Å². The molecular formula is C24H25ClN6O3S. The molecule has 182 valence electrons. The fourth-order valence-corrected chi connectivity index (χ4v) is 5.68. The first-order chi connectivity index (χ1) is 16.8. The molecule has 2 aromatic heterocycles. The van der Waals surface area contributed by atoms with Gasteiger partial charge in [-0.05, 0) is 43.4 Å². The quantitative estimate of drug-likeness (QED) is 0.417. The third-order valence-electron chi connectivity index (χ3n) is 6.04. The number of fused-ring (bicyclic) bond motifs is 1. The van der Waals surface area contributed by atoms with Crippen LogP contribution in [0.4, 0.5) is 17.3 Å². The van der Waals surface area contributed by atoms with E-state index in [1.165, 1.54) is 25.4 Å². The van der Waals surface area contributed by atoms with Gasteiger partial charge in [-0.3, -0.25) is 0 Å². The predicted molar refractivity (Wildman–Crippen MR) is 138 cm³/mol. The Morgan fingerprint density at radius 2 is 1.86 bits per heavy atom.